The van der Waals surface area contributed by atoms with E-state index < -0.39 is 0 Å². The fourth-order valence-corrected chi connectivity index (χ4v) is 0.271. The molecular formula is C8H19NO2. The fourth-order valence-electron chi connectivity index (χ4n) is 0.271. The number of hydrogen-bond acceptors (Lipinski definition) is 3. The van der Waals surface area contributed by atoms with Gasteiger partial charge in [0.15, 0.2) is 0 Å². The molecule has 0 heterocycles. The van der Waals surface area contributed by atoms with Gasteiger partial charge in [-0.2, -0.15) is 5.48 Å². The van der Waals surface area contributed by atoms with Crippen molar-refractivity contribution in [3.05, 3.63) is 0 Å². The average molecular weight is 161 g/mol. The minimum atomic E-state index is -0.266. The molecule has 0 unspecified atom stereocenters. The van der Waals surface area contributed by atoms with E-state index in [2.05, 4.69) is 5.48 Å². The molecule has 1 N–H and O–H groups in total. The molecule has 0 bridgehead atoms. The Morgan fingerprint density at radius 2 is 1.36 bits per heavy atom. The third-order valence-corrected chi connectivity index (χ3v) is 0.640. The van der Waals surface area contributed by atoms with Crippen LogP contribution < -0.4 is 5.48 Å². The average Bonchev–Trinajstić information content (AvgIpc) is 1.55. The molecule has 0 amide bonds. The maximum absolute atomic E-state index is 4.99. The number of hydrogen-bond donors (Lipinski definition) is 1. The first kappa shape index (κ1) is 10.9. The van der Waals surface area contributed by atoms with Crippen LogP contribution in [0.25, 0.3) is 0 Å². The first-order valence-corrected chi connectivity index (χ1v) is 3.82. The molecule has 0 aromatic rings. The van der Waals surface area contributed by atoms with Crippen LogP contribution in [-0.4, -0.2) is 11.1 Å². The summed E-state index contributed by atoms with van der Waals surface area (Å²) in [5.41, 5.74) is 2.41. The highest BCUT2D eigenvalue weighted by molar-refractivity contribution is 4.63. The Hall–Kier alpha value is -0.120. The first-order valence-electron chi connectivity index (χ1n) is 3.82. The highest BCUT2D eigenvalue weighted by Crippen LogP contribution is 2.07. The molecule has 68 valence electrons. The summed E-state index contributed by atoms with van der Waals surface area (Å²) in [5, 5.41) is 0. The molecule has 0 atom stereocenters. The SMILES string of the molecule is CC(C)(C)NOOC(C)(C)C. The smallest absolute Gasteiger partial charge is 0.0972 e. The van der Waals surface area contributed by atoms with Crippen molar-refractivity contribution in [1.82, 2.24) is 5.48 Å². The number of hydroxylamine groups is 1. The Morgan fingerprint density at radius 1 is 0.909 bits per heavy atom. The van der Waals surface area contributed by atoms with Crippen molar-refractivity contribution in [2.24, 2.45) is 0 Å². The van der Waals surface area contributed by atoms with Crippen LogP contribution in [0, 0.1) is 0 Å². The monoisotopic (exact) mass is 161 g/mol. The summed E-state index contributed by atoms with van der Waals surface area (Å²) in [7, 11) is 0. The lowest BCUT2D eigenvalue weighted by molar-refractivity contribution is -0.393. The Morgan fingerprint density at radius 3 is 1.64 bits per heavy atom. The molecule has 0 spiro atoms. The van der Waals surface area contributed by atoms with Crippen LogP contribution in [-0.2, 0) is 9.88 Å². The van der Waals surface area contributed by atoms with Gasteiger partial charge in [-0.15, -0.1) is 4.99 Å². The van der Waals surface area contributed by atoms with Crippen LogP contribution in [0.2, 0.25) is 0 Å². The summed E-state index contributed by atoms with van der Waals surface area (Å²) in [4.78, 5) is 9.81. The largest absolute Gasteiger partial charge is 0.212 e. The zero-order valence-electron chi connectivity index (χ0n) is 8.32. The van der Waals surface area contributed by atoms with Crippen LogP contribution >= 0.6 is 0 Å². The fraction of sp³-hybridized carbons (Fsp3) is 1.00. The molecule has 3 heteroatoms. The van der Waals surface area contributed by atoms with Gasteiger partial charge < -0.3 is 0 Å². The molecule has 0 radical (unpaired) electrons. The van der Waals surface area contributed by atoms with Crippen LogP contribution in [0.4, 0.5) is 0 Å². The Kier molecular flexibility index (Phi) is 3.48. The predicted molar refractivity (Wildman–Crippen MR) is 44.8 cm³/mol. The summed E-state index contributed by atoms with van der Waals surface area (Å²) in [6.07, 6.45) is 0. The third-order valence-electron chi connectivity index (χ3n) is 0.640. The second kappa shape index (κ2) is 3.52. The molecule has 0 aliphatic heterocycles. The van der Waals surface area contributed by atoms with E-state index in [4.69, 9.17) is 9.88 Å². The van der Waals surface area contributed by atoms with Gasteiger partial charge in [-0.25, -0.2) is 4.89 Å². The van der Waals surface area contributed by atoms with Crippen molar-refractivity contribution in [3.63, 3.8) is 0 Å². The minimum absolute atomic E-state index is 0.0781. The summed E-state index contributed by atoms with van der Waals surface area (Å²) in [6.45, 7) is 11.8. The molecule has 3 nitrogen and oxygen atoms in total. The van der Waals surface area contributed by atoms with Crippen molar-refractivity contribution < 1.29 is 9.88 Å². The third kappa shape index (κ3) is 9.88. The van der Waals surface area contributed by atoms with Crippen LogP contribution in [0.15, 0.2) is 0 Å². The van der Waals surface area contributed by atoms with E-state index in [1.807, 2.05) is 41.5 Å². The Labute approximate surface area is 69.0 Å². The van der Waals surface area contributed by atoms with Crippen LogP contribution in [0.3, 0.4) is 0 Å². The predicted octanol–water partition coefficient (Wildman–Crippen LogP) is 2.04. The highest BCUT2D eigenvalue weighted by atomic mass is 17.3. The molecule has 0 rings (SSSR count). The lowest BCUT2D eigenvalue weighted by Gasteiger charge is -2.23. The van der Waals surface area contributed by atoms with Crippen LogP contribution in [0.1, 0.15) is 41.5 Å². The molecule has 0 aromatic heterocycles. The van der Waals surface area contributed by atoms with Gasteiger partial charge in [-0.05, 0) is 41.5 Å². The van der Waals surface area contributed by atoms with E-state index in [0.29, 0.717) is 0 Å². The van der Waals surface area contributed by atoms with Gasteiger partial charge in [-0.3, -0.25) is 0 Å². The zero-order chi connectivity index (χ0) is 9.12. The lowest BCUT2D eigenvalue weighted by atomic mass is 10.1. The van der Waals surface area contributed by atoms with Gasteiger partial charge in [0.2, 0.25) is 0 Å². The van der Waals surface area contributed by atoms with Gasteiger partial charge >= 0.3 is 0 Å². The van der Waals surface area contributed by atoms with E-state index in [1.54, 1.807) is 0 Å². The maximum atomic E-state index is 4.99. The molecule has 0 aliphatic carbocycles. The highest BCUT2D eigenvalue weighted by Gasteiger charge is 2.14. The Bertz CT molecular complexity index is 96.2. The van der Waals surface area contributed by atoms with Crippen molar-refractivity contribution in [1.29, 1.82) is 0 Å². The van der Waals surface area contributed by atoms with Crippen molar-refractivity contribution >= 4 is 0 Å². The van der Waals surface area contributed by atoms with Gasteiger partial charge in [0.25, 0.3) is 0 Å². The summed E-state index contributed by atoms with van der Waals surface area (Å²) < 4.78 is 0. The summed E-state index contributed by atoms with van der Waals surface area (Å²) >= 11 is 0. The number of rotatable bonds is 2. The second-order valence-electron chi connectivity index (χ2n) is 4.63. The van der Waals surface area contributed by atoms with Gasteiger partial charge in [-0.1, -0.05) is 0 Å². The van der Waals surface area contributed by atoms with Crippen molar-refractivity contribution in [2.75, 3.05) is 0 Å². The quantitative estimate of drug-likeness (QED) is 0.496. The Balaban J connectivity index is 3.44. The molecule has 0 aliphatic rings. The van der Waals surface area contributed by atoms with E-state index in [1.165, 1.54) is 0 Å². The van der Waals surface area contributed by atoms with Crippen molar-refractivity contribution in [3.8, 4) is 0 Å². The van der Waals surface area contributed by atoms with Crippen LogP contribution in [0.5, 0.6) is 0 Å². The summed E-state index contributed by atoms with van der Waals surface area (Å²) in [5.74, 6) is 0. The van der Waals surface area contributed by atoms with E-state index in [0.717, 1.165) is 0 Å². The van der Waals surface area contributed by atoms with Crippen molar-refractivity contribution in [2.45, 2.75) is 52.7 Å². The topological polar surface area (TPSA) is 30.5 Å². The minimum Gasteiger partial charge on any atom is -0.212 e. The zero-order valence-corrected chi connectivity index (χ0v) is 8.32. The van der Waals surface area contributed by atoms with E-state index in [9.17, 15) is 0 Å². The van der Waals surface area contributed by atoms with Gasteiger partial charge in [0, 0.05) is 5.54 Å². The van der Waals surface area contributed by atoms with E-state index >= 15 is 0 Å². The molecule has 0 saturated carbocycles. The standard InChI is InChI=1S/C8H19NO2/c1-7(2,3)9-11-10-8(4,5)6/h9H,1-6H3. The lowest BCUT2D eigenvalue weighted by Crippen LogP contribution is -2.38. The van der Waals surface area contributed by atoms with E-state index in [-0.39, 0.29) is 11.1 Å². The molecular weight excluding hydrogens is 142 g/mol. The van der Waals surface area contributed by atoms with Gasteiger partial charge in [0.05, 0.1) is 5.60 Å². The molecule has 0 aromatic carbocycles. The van der Waals surface area contributed by atoms with Gasteiger partial charge in [0.1, 0.15) is 0 Å². The second-order valence-corrected chi connectivity index (χ2v) is 4.63. The molecule has 11 heavy (non-hydrogen) atoms. The maximum Gasteiger partial charge on any atom is 0.0972 e. The molecule has 0 saturated heterocycles. The summed E-state index contributed by atoms with van der Waals surface area (Å²) in [6, 6.07) is 0. The number of nitrogens with one attached hydrogen (secondary N) is 1. The first-order chi connectivity index (χ1) is 4.71. The molecule has 0 fully saturated rings. The normalized spacial score (nSPS) is 13.6.